The zero-order chi connectivity index (χ0) is 15.1. The molecule has 0 aliphatic heterocycles. The molecule has 0 aromatic carbocycles. The summed E-state index contributed by atoms with van der Waals surface area (Å²) in [4.78, 5) is 27.7. The van der Waals surface area contributed by atoms with Crippen molar-refractivity contribution in [3.63, 3.8) is 0 Å². The number of ether oxygens (including phenoxy) is 1. The van der Waals surface area contributed by atoms with Crippen molar-refractivity contribution >= 4 is 17.7 Å². The molecule has 1 heterocycles. The summed E-state index contributed by atoms with van der Waals surface area (Å²) in [6.07, 6.45) is 1.40. The third-order valence-electron chi connectivity index (χ3n) is 2.37. The number of rotatable bonds is 6. The molecule has 0 bridgehead atoms. The Labute approximate surface area is 117 Å². The summed E-state index contributed by atoms with van der Waals surface area (Å²) in [7, 11) is 1.53. The fraction of sp³-hybridized carbons (Fsp3) is 0.462. The standard InChI is InChI=1S/C13H19N3O4/c1-9(2)20-12-10(5-4-7-14-12)15-13(19)16(3)8-6-11(17)18/h4-5,7,9H,6,8H2,1-3H3,(H,15,19)(H,17,18). The highest BCUT2D eigenvalue weighted by molar-refractivity contribution is 5.90. The third kappa shape index (κ3) is 5.13. The lowest BCUT2D eigenvalue weighted by Crippen LogP contribution is -2.33. The molecule has 7 nitrogen and oxygen atoms in total. The van der Waals surface area contributed by atoms with E-state index in [0.717, 1.165) is 0 Å². The molecule has 0 unspecified atom stereocenters. The zero-order valence-electron chi connectivity index (χ0n) is 11.8. The minimum atomic E-state index is -0.949. The summed E-state index contributed by atoms with van der Waals surface area (Å²) in [5.74, 6) is -0.614. The van der Waals surface area contributed by atoms with E-state index in [4.69, 9.17) is 9.84 Å². The van der Waals surface area contributed by atoms with Gasteiger partial charge in [-0.05, 0) is 26.0 Å². The molecule has 7 heteroatoms. The van der Waals surface area contributed by atoms with Crippen molar-refractivity contribution in [2.45, 2.75) is 26.4 Å². The molecule has 0 saturated heterocycles. The molecule has 0 atom stereocenters. The Bertz CT molecular complexity index is 476. The number of anilines is 1. The number of hydrogen-bond donors (Lipinski definition) is 2. The molecule has 0 aliphatic carbocycles. The molecule has 0 radical (unpaired) electrons. The van der Waals surface area contributed by atoms with E-state index in [1.165, 1.54) is 11.9 Å². The normalized spacial score (nSPS) is 10.2. The highest BCUT2D eigenvalue weighted by Crippen LogP contribution is 2.21. The maximum absolute atomic E-state index is 11.9. The van der Waals surface area contributed by atoms with Gasteiger partial charge in [-0.2, -0.15) is 0 Å². The zero-order valence-corrected chi connectivity index (χ0v) is 11.8. The van der Waals surface area contributed by atoms with Gasteiger partial charge in [0.15, 0.2) is 0 Å². The molecule has 2 amide bonds. The Morgan fingerprint density at radius 1 is 1.50 bits per heavy atom. The van der Waals surface area contributed by atoms with Crippen molar-refractivity contribution in [3.8, 4) is 5.88 Å². The van der Waals surface area contributed by atoms with Crippen molar-refractivity contribution in [3.05, 3.63) is 18.3 Å². The average Bonchev–Trinajstić information content (AvgIpc) is 2.37. The van der Waals surface area contributed by atoms with Crippen molar-refractivity contribution in [2.24, 2.45) is 0 Å². The first kappa shape index (κ1) is 15.7. The molecule has 2 N–H and O–H groups in total. The Balaban J connectivity index is 2.67. The van der Waals surface area contributed by atoms with E-state index in [1.807, 2.05) is 13.8 Å². The summed E-state index contributed by atoms with van der Waals surface area (Å²) in [6.45, 7) is 3.85. The van der Waals surface area contributed by atoms with E-state index < -0.39 is 12.0 Å². The molecule has 0 spiro atoms. The van der Waals surface area contributed by atoms with Gasteiger partial charge in [0.1, 0.15) is 5.69 Å². The number of urea groups is 1. The van der Waals surface area contributed by atoms with Crippen LogP contribution in [0.2, 0.25) is 0 Å². The minimum Gasteiger partial charge on any atom is -0.481 e. The van der Waals surface area contributed by atoms with Crippen molar-refractivity contribution < 1.29 is 19.4 Å². The van der Waals surface area contributed by atoms with Crippen LogP contribution >= 0.6 is 0 Å². The van der Waals surface area contributed by atoms with Crippen LogP contribution in [0.25, 0.3) is 0 Å². The Morgan fingerprint density at radius 2 is 2.20 bits per heavy atom. The van der Waals surface area contributed by atoms with Gasteiger partial charge in [-0.3, -0.25) is 4.79 Å². The van der Waals surface area contributed by atoms with Crippen LogP contribution in [0.5, 0.6) is 5.88 Å². The maximum Gasteiger partial charge on any atom is 0.321 e. The summed E-state index contributed by atoms with van der Waals surface area (Å²) >= 11 is 0. The van der Waals surface area contributed by atoms with E-state index in [9.17, 15) is 9.59 Å². The van der Waals surface area contributed by atoms with Crippen LogP contribution in [-0.4, -0.2) is 46.7 Å². The first-order valence-electron chi connectivity index (χ1n) is 6.25. The fourth-order valence-corrected chi connectivity index (χ4v) is 1.38. The van der Waals surface area contributed by atoms with Gasteiger partial charge in [-0.1, -0.05) is 0 Å². The van der Waals surface area contributed by atoms with Crippen LogP contribution in [0.4, 0.5) is 10.5 Å². The number of carbonyl (C=O) groups is 2. The molecule has 1 aromatic rings. The summed E-state index contributed by atoms with van der Waals surface area (Å²) in [5.41, 5.74) is 0.452. The average molecular weight is 281 g/mol. The van der Waals surface area contributed by atoms with Crippen LogP contribution in [0.1, 0.15) is 20.3 Å². The number of nitrogens with one attached hydrogen (secondary N) is 1. The van der Waals surface area contributed by atoms with Crippen molar-refractivity contribution in [1.29, 1.82) is 0 Å². The lowest BCUT2D eigenvalue weighted by Gasteiger charge is -2.18. The van der Waals surface area contributed by atoms with Crippen LogP contribution in [0.15, 0.2) is 18.3 Å². The second-order valence-electron chi connectivity index (χ2n) is 4.52. The minimum absolute atomic E-state index is 0.0645. The lowest BCUT2D eigenvalue weighted by molar-refractivity contribution is -0.137. The fourth-order valence-electron chi connectivity index (χ4n) is 1.38. The van der Waals surface area contributed by atoms with Crippen LogP contribution in [0.3, 0.4) is 0 Å². The maximum atomic E-state index is 11.9. The highest BCUT2D eigenvalue weighted by Gasteiger charge is 2.14. The smallest absolute Gasteiger partial charge is 0.321 e. The van der Waals surface area contributed by atoms with E-state index in [-0.39, 0.29) is 19.1 Å². The number of pyridine rings is 1. The lowest BCUT2D eigenvalue weighted by atomic mass is 10.4. The van der Waals surface area contributed by atoms with Gasteiger partial charge < -0.3 is 20.1 Å². The number of hydrogen-bond acceptors (Lipinski definition) is 4. The molecule has 1 rings (SSSR count). The Hall–Kier alpha value is -2.31. The molecule has 20 heavy (non-hydrogen) atoms. The van der Waals surface area contributed by atoms with E-state index in [2.05, 4.69) is 10.3 Å². The predicted octanol–water partition coefficient (Wildman–Crippen LogP) is 1.81. The summed E-state index contributed by atoms with van der Waals surface area (Å²) in [6, 6.07) is 2.95. The first-order chi connectivity index (χ1) is 9.40. The number of aromatic nitrogens is 1. The monoisotopic (exact) mass is 281 g/mol. The van der Waals surface area contributed by atoms with E-state index in [1.54, 1.807) is 18.3 Å². The number of nitrogens with zero attached hydrogens (tertiary/aromatic N) is 2. The molecule has 110 valence electrons. The first-order valence-corrected chi connectivity index (χ1v) is 6.25. The third-order valence-corrected chi connectivity index (χ3v) is 2.37. The molecular weight excluding hydrogens is 262 g/mol. The van der Waals surface area contributed by atoms with Gasteiger partial charge in [-0.15, -0.1) is 0 Å². The quantitative estimate of drug-likeness (QED) is 0.829. The van der Waals surface area contributed by atoms with Gasteiger partial charge >= 0.3 is 12.0 Å². The molecule has 0 aliphatic rings. The SMILES string of the molecule is CC(C)Oc1ncccc1NC(=O)N(C)CCC(=O)O. The van der Waals surface area contributed by atoms with Gasteiger partial charge in [0.2, 0.25) is 5.88 Å². The van der Waals surface area contributed by atoms with E-state index in [0.29, 0.717) is 11.6 Å². The van der Waals surface area contributed by atoms with Crippen LogP contribution < -0.4 is 10.1 Å². The number of carboxylic acid groups (broad SMARTS) is 1. The molecular formula is C13H19N3O4. The predicted molar refractivity (Wildman–Crippen MR) is 73.9 cm³/mol. The number of carboxylic acids is 1. The van der Waals surface area contributed by atoms with Crippen LogP contribution in [0, 0.1) is 0 Å². The van der Waals surface area contributed by atoms with Gasteiger partial charge in [0.05, 0.1) is 12.5 Å². The second kappa shape index (κ2) is 7.32. The second-order valence-corrected chi connectivity index (χ2v) is 4.52. The highest BCUT2D eigenvalue weighted by atomic mass is 16.5. The van der Waals surface area contributed by atoms with Gasteiger partial charge in [0.25, 0.3) is 0 Å². The van der Waals surface area contributed by atoms with Gasteiger partial charge in [-0.25, -0.2) is 9.78 Å². The number of carbonyl (C=O) groups excluding carboxylic acids is 1. The van der Waals surface area contributed by atoms with Crippen LogP contribution in [-0.2, 0) is 4.79 Å². The molecule has 0 fully saturated rings. The summed E-state index contributed by atoms with van der Waals surface area (Å²) in [5, 5.41) is 11.2. The van der Waals surface area contributed by atoms with Gasteiger partial charge in [0, 0.05) is 19.8 Å². The Kier molecular flexibility index (Phi) is 5.76. The molecule has 1 aromatic heterocycles. The molecule has 0 saturated carbocycles. The van der Waals surface area contributed by atoms with Crippen molar-refractivity contribution in [1.82, 2.24) is 9.88 Å². The van der Waals surface area contributed by atoms with E-state index >= 15 is 0 Å². The largest absolute Gasteiger partial charge is 0.481 e. The number of aliphatic carboxylic acids is 1. The summed E-state index contributed by atoms with van der Waals surface area (Å²) < 4.78 is 5.49. The van der Waals surface area contributed by atoms with Crippen molar-refractivity contribution in [2.75, 3.05) is 18.9 Å². The number of amides is 2. The Morgan fingerprint density at radius 3 is 2.80 bits per heavy atom. The topological polar surface area (TPSA) is 91.8 Å².